The number of carbonyl (C=O) groups is 1. The highest BCUT2D eigenvalue weighted by atomic mass is 16.7. The number of hydrogen-bond acceptors (Lipinski definition) is 4. The number of fused-ring (bicyclic) bond motifs is 2. The van der Waals surface area contributed by atoms with Gasteiger partial charge < -0.3 is 10.0 Å². The van der Waals surface area contributed by atoms with Gasteiger partial charge in [0.05, 0.1) is 12.3 Å². The fourth-order valence-corrected chi connectivity index (χ4v) is 3.64. The second-order valence-corrected chi connectivity index (χ2v) is 5.99. The minimum atomic E-state index is -0.917. The molecule has 0 radical (unpaired) electrons. The Bertz CT molecular complexity index is 749. The summed E-state index contributed by atoms with van der Waals surface area (Å²) in [6.45, 7) is -0.121. The van der Waals surface area contributed by atoms with E-state index in [9.17, 15) is 9.90 Å². The third kappa shape index (κ3) is 1.84. The molecule has 0 aliphatic carbocycles. The predicted molar refractivity (Wildman–Crippen MR) is 87.0 cm³/mol. The van der Waals surface area contributed by atoms with E-state index in [1.54, 1.807) is 17.0 Å². The molecule has 4 rings (SSSR count). The molecule has 2 atom stereocenters. The van der Waals surface area contributed by atoms with Gasteiger partial charge in [0.15, 0.2) is 5.54 Å². The first-order valence-corrected chi connectivity index (χ1v) is 7.69. The van der Waals surface area contributed by atoms with E-state index >= 15 is 0 Å². The number of nitrogens with zero attached hydrogens (tertiary/aromatic N) is 2. The smallest absolute Gasteiger partial charge is 0.259 e. The molecule has 1 saturated heterocycles. The number of likely N-dealkylation sites (N-methyl/N-ethyl adjacent to an activating group) is 1. The van der Waals surface area contributed by atoms with Crippen molar-refractivity contribution in [3.8, 4) is 0 Å². The maximum Gasteiger partial charge on any atom is 0.259 e. The van der Waals surface area contributed by atoms with Crippen molar-refractivity contribution in [2.45, 2.75) is 18.1 Å². The van der Waals surface area contributed by atoms with Crippen LogP contribution in [-0.2, 0) is 15.2 Å². The van der Waals surface area contributed by atoms with E-state index in [1.807, 2.05) is 54.6 Å². The predicted octanol–water partition coefficient (Wildman–Crippen LogP) is 2.06. The Kier molecular flexibility index (Phi) is 3.14. The summed E-state index contributed by atoms with van der Waals surface area (Å²) in [6, 6.07) is 17.3. The number of anilines is 2. The number of aliphatic hydroxyl groups is 1. The molecule has 0 bridgehead atoms. The normalized spacial score (nSPS) is 26.2. The van der Waals surface area contributed by atoms with Gasteiger partial charge in [-0.05, 0) is 18.2 Å². The number of hydroxylamine groups is 1. The van der Waals surface area contributed by atoms with Crippen LogP contribution in [0.4, 0.5) is 11.4 Å². The van der Waals surface area contributed by atoms with Gasteiger partial charge in [-0.2, -0.15) is 0 Å². The van der Waals surface area contributed by atoms with Gasteiger partial charge in [-0.3, -0.25) is 9.63 Å². The van der Waals surface area contributed by atoms with Gasteiger partial charge in [0.1, 0.15) is 6.10 Å². The van der Waals surface area contributed by atoms with Gasteiger partial charge in [-0.25, -0.2) is 5.06 Å². The quantitative estimate of drug-likeness (QED) is 0.922. The topological polar surface area (TPSA) is 53.0 Å². The summed E-state index contributed by atoms with van der Waals surface area (Å²) in [6.07, 6.45) is 0.0252. The average molecular weight is 310 g/mol. The molecule has 1 fully saturated rings. The van der Waals surface area contributed by atoms with Gasteiger partial charge >= 0.3 is 0 Å². The highest BCUT2D eigenvalue weighted by Gasteiger charge is 2.60. The van der Waals surface area contributed by atoms with E-state index in [2.05, 4.69) is 0 Å². The third-order valence-electron chi connectivity index (χ3n) is 4.69. The number of para-hydroxylation sites is 2. The second-order valence-electron chi connectivity index (χ2n) is 5.99. The maximum atomic E-state index is 13.2. The standard InChI is InChI=1S/C18H18N2O3/c1-19-16-10-6-5-9-15(16)18(17(19)22)11-14(12-21)23-20(18)13-7-3-2-4-8-13/h2-10,14,21H,11-12H2,1H3/t14-,18-/m1/s1. The van der Waals surface area contributed by atoms with Gasteiger partial charge in [-0.1, -0.05) is 36.4 Å². The summed E-state index contributed by atoms with van der Waals surface area (Å²) in [5.41, 5.74) is 1.70. The molecule has 1 amide bonds. The lowest BCUT2D eigenvalue weighted by molar-refractivity contribution is -0.123. The summed E-state index contributed by atoms with van der Waals surface area (Å²) < 4.78 is 0. The Morgan fingerprint density at radius 1 is 1.17 bits per heavy atom. The SMILES string of the molecule is CN1C(=O)[C@@]2(C[C@H](CO)ON2c2ccccc2)c2ccccc21. The molecule has 5 heteroatoms. The highest BCUT2D eigenvalue weighted by molar-refractivity contribution is 6.09. The summed E-state index contributed by atoms with van der Waals surface area (Å²) >= 11 is 0. The fraction of sp³-hybridized carbons (Fsp3) is 0.278. The van der Waals surface area contributed by atoms with Crippen LogP contribution in [0, 0.1) is 0 Å². The minimum absolute atomic E-state index is 0.0292. The lowest BCUT2D eigenvalue weighted by Gasteiger charge is -2.33. The van der Waals surface area contributed by atoms with Gasteiger partial charge in [0.25, 0.3) is 5.91 Å². The molecule has 2 aliphatic heterocycles. The third-order valence-corrected chi connectivity index (χ3v) is 4.69. The zero-order chi connectivity index (χ0) is 16.0. The number of carbonyl (C=O) groups excluding carboxylic acids is 1. The highest BCUT2D eigenvalue weighted by Crippen LogP contribution is 2.51. The Morgan fingerprint density at radius 3 is 2.61 bits per heavy atom. The molecule has 2 heterocycles. The molecule has 0 unspecified atom stereocenters. The van der Waals surface area contributed by atoms with E-state index < -0.39 is 11.6 Å². The molecule has 2 aliphatic rings. The van der Waals surface area contributed by atoms with Crippen LogP contribution in [0.3, 0.4) is 0 Å². The van der Waals surface area contributed by atoms with Crippen LogP contribution in [-0.4, -0.2) is 30.8 Å². The van der Waals surface area contributed by atoms with Crippen LogP contribution >= 0.6 is 0 Å². The van der Waals surface area contributed by atoms with E-state index in [0.717, 1.165) is 16.9 Å². The van der Waals surface area contributed by atoms with Crippen LogP contribution < -0.4 is 9.96 Å². The van der Waals surface area contributed by atoms with Gasteiger partial charge in [0.2, 0.25) is 0 Å². The lowest BCUT2D eigenvalue weighted by Crippen LogP contribution is -2.48. The summed E-state index contributed by atoms with van der Waals surface area (Å²) in [5.74, 6) is -0.0292. The molecule has 118 valence electrons. The lowest BCUT2D eigenvalue weighted by atomic mass is 9.86. The minimum Gasteiger partial charge on any atom is -0.394 e. The van der Waals surface area contributed by atoms with Crippen molar-refractivity contribution in [1.82, 2.24) is 0 Å². The summed E-state index contributed by atoms with van der Waals surface area (Å²) in [4.78, 5) is 20.8. The van der Waals surface area contributed by atoms with Crippen LogP contribution in [0.2, 0.25) is 0 Å². The zero-order valence-electron chi connectivity index (χ0n) is 12.8. The first kappa shape index (κ1) is 14.2. The van der Waals surface area contributed by atoms with Crippen molar-refractivity contribution in [1.29, 1.82) is 0 Å². The average Bonchev–Trinajstić information content (AvgIpc) is 3.10. The molecular weight excluding hydrogens is 292 g/mol. The Hall–Kier alpha value is -2.37. The molecule has 1 spiro atoms. The molecule has 2 aromatic carbocycles. The Morgan fingerprint density at radius 2 is 1.87 bits per heavy atom. The van der Waals surface area contributed by atoms with Crippen molar-refractivity contribution in [3.05, 3.63) is 60.2 Å². The summed E-state index contributed by atoms with van der Waals surface area (Å²) in [7, 11) is 1.78. The molecule has 1 N–H and O–H groups in total. The second kappa shape index (κ2) is 5.08. The van der Waals surface area contributed by atoms with E-state index in [0.29, 0.717) is 6.42 Å². The maximum absolute atomic E-state index is 13.2. The van der Waals surface area contributed by atoms with Crippen molar-refractivity contribution in [3.63, 3.8) is 0 Å². The van der Waals surface area contributed by atoms with Crippen molar-refractivity contribution >= 4 is 17.3 Å². The molecular formula is C18H18N2O3. The Balaban J connectivity index is 1.92. The number of benzene rings is 2. The monoisotopic (exact) mass is 310 g/mol. The van der Waals surface area contributed by atoms with Crippen LogP contribution in [0.15, 0.2) is 54.6 Å². The van der Waals surface area contributed by atoms with E-state index in [1.165, 1.54) is 0 Å². The molecule has 2 aromatic rings. The van der Waals surface area contributed by atoms with Crippen LogP contribution in [0.5, 0.6) is 0 Å². The van der Waals surface area contributed by atoms with Gasteiger partial charge in [0, 0.05) is 24.7 Å². The Labute approximate surface area is 134 Å². The number of aliphatic hydroxyl groups excluding tert-OH is 1. The molecule has 5 nitrogen and oxygen atoms in total. The first-order chi connectivity index (χ1) is 11.2. The number of amides is 1. The van der Waals surface area contributed by atoms with Crippen molar-refractivity contribution in [2.75, 3.05) is 23.6 Å². The summed E-state index contributed by atoms with van der Waals surface area (Å²) in [5, 5.41) is 11.3. The van der Waals surface area contributed by atoms with Crippen molar-refractivity contribution < 1.29 is 14.7 Å². The number of rotatable bonds is 2. The molecule has 23 heavy (non-hydrogen) atoms. The molecule has 0 saturated carbocycles. The largest absolute Gasteiger partial charge is 0.394 e. The van der Waals surface area contributed by atoms with Gasteiger partial charge in [-0.15, -0.1) is 0 Å². The van der Waals surface area contributed by atoms with E-state index in [4.69, 9.17) is 4.84 Å². The first-order valence-electron chi connectivity index (χ1n) is 7.69. The van der Waals surface area contributed by atoms with Crippen molar-refractivity contribution in [2.24, 2.45) is 0 Å². The fourth-order valence-electron chi connectivity index (χ4n) is 3.64. The van der Waals surface area contributed by atoms with Crippen LogP contribution in [0.1, 0.15) is 12.0 Å². The van der Waals surface area contributed by atoms with E-state index in [-0.39, 0.29) is 12.5 Å². The zero-order valence-corrected chi connectivity index (χ0v) is 12.8. The molecule has 0 aromatic heterocycles. The van der Waals surface area contributed by atoms with Crippen LogP contribution in [0.25, 0.3) is 0 Å². The number of hydrogen-bond donors (Lipinski definition) is 1.